The molecule has 2 aromatic heterocycles. The molecule has 2 aromatic rings. The molecule has 0 aliphatic heterocycles. The van der Waals surface area contributed by atoms with Gasteiger partial charge >= 0.3 is 0 Å². The van der Waals surface area contributed by atoms with Crippen molar-refractivity contribution in [2.45, 2.75) is 6.92 Å². The van der Waals surface area contributed by atoms with Crippen molar-refractivity contribution in [3.63, 3.8) is 0 Å². The van der Waals surface area contributed by atoms with Crippen LogP contribution in [0.1, 0.15) is 11.3 Å². The van der Waals surface area contributed by atoms with E-state index in [0.717, 1.165) is 11.3 Å². The van der Waals surface area contributed by atoms with E-state index in [2.05, 4.69) is 15.5 Å². The number of hydrogen-bond donors (Lipinski definition) is 1. The molecular formula is C12H14ClN5O. The molecule has 0 aromatic carbocycles. The molecule has 0 fully saturated rings. The van der Waals surface area contributed by atoms with Crippen LogP contribution in [-0.4, -0.2) is 25.5 Å². The summed E-state index contributed by atoms with van der Waals surface area (Å²) in [4.78, 5) is 11.7. The van der Waals surface area contributed by atoms with E-state index >= 15 is 0 Å². The largest absolute Gasteiger partial charge is 0.306 e. The Morgan fingerprint density at radius 2 is 2.16 bits per heavy atom. The lowest BCUT2D eigenvalue weighted by molar-refractivity contribution is -0.111. The van der Waals surface area contributed by atoms with Gasteiger partial charge in [0.05, 0.1) is 5.69 Å². The molecule has 1 amide bonds. The highest BCUT2D eigenvalue weighted by Crippen LogP contribution is 2.19. The summed E-state index contributed by atoms with van der Waals surface area (Å²) in [5.74, 6) is 0.240. The van der Waals surface area contributed by atoms with E-state index in [1.165, 1.54) is 6.08 Å². The zero-order valence-electron chi connectivity index (χ0n) is 10.9. The number of hydrogen-bond acceptors (Lipinski definition) is 3. The first-order valence-electron chi connectivity index (χ1n) is 5.65. The molecule has 7 heteroatoms. The van der Waals surface area contributed by atoms with Crippen LogP contribution in [0.4, 0.5) is 5.82 Å². The van der Waals surface area contributed by atoms with E-state index in [9.17, 15) is 4.79 Å². The molecule has 0 atom stereocenters. The first kappa shape index (κ1) is 13.4. The molecule has 0 unspecified atom stereocenters. The number of aromatic nitrogens is 4. The molecule has 0 saturated heterocycles. The van der Waals surface area contributed by atoms with Crippen molar-refractivity contribution in [1.29, 1.82) is 0 Å². The Hall–Kier alpha value is -2.08. The van der Waals surface area contributed by atoms with Crippen LogP contribution in [0.5, 0.6) is 0 Å². The zero-order valence-corrected chi connectivity index (χ0v) is 11.6. The Labute approximate surface area is 115 Å². The topological polar surface area (TPSA) is 64.7 Å². The van der Waals surface area contributed by atoms with E-state index in [4.69, 9.17) is 11.6 Å². The van der Waals surface area contributed by atoms with Gasteiger partial charge in [0.25, 0.3) is 0 Å². The highest BCUT2D eigenvalue weighted by atomic mass is 35.5. The fourth-order valence-corrected chi connectivity index (χ4v) is 1.88. The Morgan fingerprint density at radius 3 is 2.68 bits per heavy atom. The summed E-state index contributed by atoms with van der Waals surface area (Å²) >= 11 is 6.06. The summed E-state index contributed by atoms with van der Waals surface area (Å²) in [5.41, 5.74) is 1.51. The molecule has 0 aliphatic carbocycles. The Bertz CT molecular complexity index is 641. The number of anilines is 1. The van der Waals surface area contributed by atoms with Crippen LogP contribution < -0.4 is 5.32 Å². The summed E-state index contributed by atoms with van der Waals surface area (Å²) in [7, 11) is 3.53. The van der Waals surface area contributed by atoms with Gasteiger partial charge < -0.3 is 5.32 Å². The predicted octanol–water partition coefficient (Wildman–Crippen LogP) is 1.77. The number of amides is 1. The van der Waals surface area contributed by atoms with Gasteiger partial charge in [-0.25, -0.2) is 0 Å². The van der Waals surface area contributed by atoms with Crippen LogP contribution in [0.25, 0.3) is 6.08 Å². The highest BCUT2D eigenvalue weighted by Gasteiger charge is 2.08. The number of rotatable bonds is 3. The standard InChI is InChI=1S/C12H14ClN5O/c1-8-9(12(13)18(3)15-8)4-5-11(19)14-10-6-7-17(2)16-10/h4-7H,1-3H3,(H,14,16,19)/b5-4+. The van der Waals surface area contributed by atoms with Crippen molar-refractivity contribution in [3.8, 4) is 0 Å². The smallest absolute Gasteiger partial charge is 0.249 e. The first-order chi connectivity index (χ1) is 8.97. The molecule has 1 N–H and O–H groups in total. The molecule has 6 nitrogen and oxygen atoms in total. The molecule has 0 spiro atoms. The Balaban J connectivity index is 2.08. The van der Waals surface area contributed by atoms with Crippen LogP contribution in [0, 0.1) is 6.92 Å². The second-order valence-electron chi connectivity index (χ2n) is 4.11. The van der Waals surface area contributed by atoms with Crippen LogP contribution in [0.2, 0.25) is 5.15 Å². The van der Waals surface area contributed by atoms with Crippen molar-refractivity contribution in [1.82, 2.24) is 19.6 Å². The van der Waals surface area contributed by atoms with Gasteiger partial charge in [0.1, 0.15) is 5.15 Å². The van der Waals surface area contributed by atoms with Gasteiger partial charge in [-0.15, -0.1) is 0 Å². The monoisotopic (exact) mass is 279 g/mol. The fraction of sp³-hybridized carbons (Fsp3) is 0.250. The SMILES string of the molecule is Cc1nn(C)c(Cl)c1/C=C/C(=O)Nc1ccn(C)n1. The Kier molecular flexibility index (Phi) is 3.71. The molecule has 0 aliphatic rings. The summed E-state index contributed by atoms with van der Waals surface area (Å²) in [6.45, 7) is 1.84. The minimum Gasteiger partial charge on any atom is -0.306 e. The first-order valence-corrected chi connectivity index (χ1v) is 6.03. The second kappa shape index (κ2) is 5.27. The maximum Gasteiger partial charge on any atom is 0.249 e. The molecule has 0 saturated carbocycles. The minimum absolute atomic E-state index is 0.266. The highest BCUT2D eigenvalue weighted by molar-refractivity contribution is 6.31. The minimum atomic E-state index is -0.266. The van der Waals surface area contributed by atoms with Crippen molar-refractivity contribution in [3.05, 3.63) is 34.7 Å². The number of aryl methyl sites for hydroxylation is 3. The van der Waals surface area contributed by atoms with E-state index in [1.807, 2.05) is 6.92 Å². The van der Waals surface area contributed by atoms with Gasteiger partial charge in [0, 0.05) is 38.0 Å². The second-order valence-corrected chi connectivity index (χ2v) is 4.47. The third kappa shape index (κ3) is 3.03. The van der Waals surface area contributed by atoms with Crippen LogP contribution in [0.3, 0.4) is 0 Å². The number of halogens is 1. The van der Waals surface area contributed by atoms with Gasteiger partial charge in [0.2, 0.25) is 5.91 Å². The lowest BCUT2D eigenvalue weighted by Crippen LogP contribution is -2.08. The lowest BCUT2D eigenvalue weighted by Gasteiger charge is -1.96. The normalized spacial score (nSPS) is 11.2. The number of carbonyl (C=O) groups is 1. The van der Waals surface area contributed by atoms with Crippen LogP contribution >= 0.6 is 11.6 Å². The van der Waals surface area contributed by atoms with Gasteiger partial charge in [-0.1, -0.05) is 11.6 Å². The number of nitrogens with zero attached hydrogens (tertiary/aromatic N) is 4. The lowest BCUT2D eigenvalue weighted by atomic mass is 10.2. The fourth-order valence-electron chi connectivity index (χ4n) is 1.64. The number of carbonyl (C=O) groups excluding carboxylic acids is 1. The van der Waals surface area contributed by atoms with E-state index in [-0.39, 0.29) is 5.91 Å². The molecule has 2 rings (SSSR count). The Morgan fingerprint density at radius 1 is 1.42 bits per heavy atom. The van der Waals surface area contributed by atoms with Gasteiger partial charge in [-0.05, 0) is 13.0 Å². The van der Waals surface area contributed by atoms with Gasteiger partial charge in [0.15, 0.2) is 5.82 Å². The molecule has 19 heavy (non-hydrogen) atoms. The third-order valence-electron chi connectivity index (χ3n) is 2.56. The van der Waals surface area contributed by atoms with Gasteiger partial charge in [-0.3, -0.25) is 14.2 Å². The number of nitrogens with one attached hydrogen (secondary N) is 1. The maximum atomic E-state index is 11.7. The summed E-state index contributed by atoms with van der Waals surface area (Å²) in [5, 5.41) is 11.4. The predicted molar refractivity (Wildman–Crippen MR) is 73.8 cm³/mol. The maximum absolute atomic E-state index is 11.7. The van der Waals surface area contributed by atoms with Crippen LogP contribution in [0.15, 0.2) is 18.3 Å². The molecular weight excluding hydrogens is 266 g/mol. The quantitative estimate of drug-likeness (QED) is 0.871. The molecule has 100 valence electrons. The molecule has 0 radical (unpaired) electrons. The molecule has 0 bridgehead atoms. The summed E-state index contributed by atoms with van der Waals surface area (Å²) < 4.78 is 3.18. The summed E-state index contributed by atoms with van der Waals surface area (Å²) in [6, 6.07) is 1.72. The van der Waals surface area contributed by atoms with E-state index in [1.54, 1.807) is 41.8 Å². The average Bonchev–Trinajstić information content (AvgIpc) is 2.83. The van der Waals surface area contributed by atoms with Gasteiger partial charge in [-0.2, -0.15) is 10.2 Å². The van der Waals surface area contributed by atoms with Crippen molar-refractivity contribution >= 4 is 29.4 Å². The molecule has 2 heterocycles. The summed E-state index contributed by atoms with van der Waals surface area (Å²) in [6.07, 6.45) is 4.80. The van der Waals surface area contributed by atoms with Crippen molar-refractivity contribution < 1.29 is 4.79 Å². The van der Waals surface area contributed by atoms with Crippen molar-refractivity contribution in [2.24, 2.45) is 14.1 Å². The van der Waals surface area contributed by atoms with Crippen LogP contribution in [-0.2, 0) is 18.9 Å². The average molecular weight is 280 g/mol. The van der Waals surface area contributed by atoms with E-state index in [0.29, 0.717) is 11.0 Å². The van der Waals surface area contributed by atoms with Crippen molar-refractivity contribution in [2.75, 3.05) is 5.32 Å². The van der Waals surface area contributed by atoms with E-state index < -0.39 is 0 Å². The zero-order chi connectivity index (χ0) is 14.0. The third-order valence-corrected chi connectivity index (χ3v) is 3.01.